The predicted molar refractivity (Wildman–Crippen MR) is 129 cm³/mol. The van der Waals surface area contributed by atoms with Crippen molar-refractivity contribution in [3.8, 4) is 0 Å². The van der Waals surface area contributed by atoms with E-state index in [0.717, 1.165) is 30.7 Å². The number of nitrogens with one attached hydrogen (secondary N) is 2. The van der Waals surface area contributed by atoms with Gasteiger partial charge >= 0.3 is 0 Å². The van der Waals surface area contributed by atoms with Gasteiger partial charge < -0.3 is 21.3 Å². The van der Waals surface area contributed by atoms with E-state index in [1.54, 1.807) is 24.3 Å². The first kappa shape index (κ1) is 23.2. The fourth-order valence-corrected chi connectivity index (χ4v) is 4.85. The van der Waals surface area contributed by atoms with Crippen LogP contribution in [-0.2, 0) is 0 Å². The molecule has 0 saturated carbocycles. The van der Waals surface area contributed by atoms with Gasteiger partial charge in [-0.25, -0.2) is 9.37 Å². The highest BCUT2D eigenvalue weighted by Gasteiger charge is 2.24. The monoisotopic (exact) mass is 487 g/mol. The number of aromatic nitrogens is 1. The number of likely N-dealkylation sites (N-methyl/N-ethyl adjacent to an activating group) is 1. The lowest BCUT2D eigenvalue weighted by molar-refractivity contribution is 0.0943. The van der Waals surface area contributed by atoms with Crippen molar-refractivity contribution >= 4 is 51.3 Å². The summed E-state index contributed by atoms with van der Waals surface area (Å²) >= 11 is 7.00. The lowest BCUT2D eigenvalue weighted by Gasteiger charge is -2.19. The Morgan fingerprint density at radius 2 is 2.03 bits per heavy atom. The van der Waals surface area contributed by atoms with Crippen LogP contribution in [0.25, 0.3) is 0 Å². The number of nitrogens with two attached hydrogens (primary N) is 1. The molecule has 1 fully saturated rings. The van der Waals surface area contributed by atoms with Crippen LogP contribution < -0.4 is 16.4 Å². The molecule has 7 nitrogen and oxygen atoms in total. The minimum atomic E-state index is -0.719. The summed E-state index contributed by atoms with van der Waals surface area (Å²) < 4.78 is 14.1. The van der Waals surface area contributed by atoms with Gasteiger partial charge in [0.2, 0.25) is 5.78 Å². The predicted octanol–water partition coefficient (Wildman–Crippen LogP) is 4.32. The number of carbonyl (C=O) groups excluding carboxylic acids is 2. The van der Waals surface area contributed by atoms with Crippen LogP contribution in [0, 0.1) is 5.82 Å². The molecule has 10 heteroatoms. The Bertz CT molecular complexity index is 1160. The maximum absolute atomic E-state index is 14.1. The van der Waals surface area contributed by atoms with Gasteiger partial charge in [0.05, 0.1) is 10.6 Å². The van der Waals surface area contributed by atoms with Gasteiger partial charge in [-0.2, -0.15) is 0 Å². The molecule has 1 unspecified atom stereocenters. The Kier molecular flexibility index (Phi) is 6.92. The van der Waals surface area contributed by atoms with Gasteiger partial charge in [0.25, 0.3) is 5.91 Å². The Labute approximate surface area is 199 Å². The molecule has 33 heavy (non-hydrogen) atoms. The normalized spacial score (nSPS) is 16.0. The first-order valence-electron chi connectivity index (χ1n) is 10.4. The maximum Gasteiger partial charge on any atom is 0.251 e. The zero-order valence-electron chi connectivity index (χ0n) is 17.9. The van der Waals surface area contributed by atoms with E-state index in [1.807, 2.05) is 0 Å². The van der Waals surface area contributed by atoms with E-state index in [1.165, 1.54) is 18.2 Å². The van der Waals surface area contributed by atoms with Crippen molar-refractivity contribution in [3.63, 3.8) is 0 Å². The highest BCUT2D eigenvalue weighted by Crippen LogP contribution is 2.32. The molecule has 0 bridgehead atoms. The summed E-state index contributed by atoms with van der Waals surface area (Å²) in [5, 5.41) is 6.42. The molecule has 4 N–H and O–H groups in total. The molecule has 172 valence electrons. The van der Waals surface area contributed by atoms with Gasteiger partial charge in [-0.3, -0.25) is 9.59 Å². The number of nitrogens with zero attached hydrogens (tertiary/aromatic N) is 2. The standard InChI is InChI=1S/C23H23ClFN5O2S/c1-30-11-3-4-15(30)12-27-22(32)13-7-9-14(10-8-13)28-23-29-21(26)20(33-23)19(31)18-16(24)5-2-6-17(18)25/h2,5-10,15H,3-4,11-12,26H2,1H3,(H,27,32)(H,28,29). The van der Waals surface area contributed by atoms with Crippen LogP contribution in [0.5, 0.6) is 0 Å². The van der Waals surface area contributed by atoms with Crippen molar-refractivity contribution in [1.29, 1.82) is 0 Å². The third-order valence-electron chi connectivity index (χ3n) is 5.62. The second-order valence-corrected chi connectivity index (χ2v) is 9.25. The van der Waals surface area contributed by atoms with Gasteiger partial charge in [0, 0.05) is 23.8 Å². The number of thiazole rings is 1. The van der Waals surface area contributed by atoms with Crippen LogP contribution in [0.1, 0.15) is 38.4 Å². The Morgan fingerprint density at radius 3 is 2.70 bits per heavy atom. The van der Waals surface area contributed by atoms with Gasteiger partial charge in [0.1, 0.15) is 16.5 Å². The van der Waals surface area contributed by atoms with Crippen molar-refractivity contribution in [1.82, 2.24) is 15.2 Å². The van der Waals surface area contributed by atoms with Crippen LogP contribution >= 0.6 is 22.9 Å². The number of halogens is 2. The van der Waals surface area contributed by atoms with Crippen molar-refractivity contribution < 1.29 is 14.0 Å². The van der Waals surface area contributed by atoms with E-state index >= 15 is 0 Å². The van der Waals surface area contributed by atoms with E-state index in [9.17, 15) is 14.0 Å². The lowest BCUT2D eigenvalue weighted by Crippen LogP contribution is -2.38. The molecule has 0 spiro atoms. The van der Waals surface area contributed by atoms with E-state index in [4.69, 9.17) is 17.3 Å². The quantitative estimate of drug-likeness (QED) is 0.429. The number of carbonyl (C=O) groups is 2. The van der Waals surface area contributed by atoms with Crippen LogP contribution in [0.3, 0.4) is 0 Å². The first-order valence-corrected chi connectivity index (χ1v) is 11.6. The molecular formula is C23H23ClFN5O2S. The topological polar surface area (TPSA) is 100 Å². The summed E-state index contributed by atoms with van der Waals surface area (Å²) in [4.78, 5) is 31.7. The third kappa shape index (κ3) is 5.16. The molecule has 1 aromatic heterocycles. The molecule has 0 aliphatic carbocycles. The van der Waals surface area contributed by atoms with Crippen molar-refractivity contribution in [2.24, 2.45) is 0 Å². The second kappa shape index (κ2) is 9.86. The summed E-state index contributed by atoms with van der Waals surface area (Å²) in [5.74, 6) is -1.49. The number of likely N-dealkylation sites (tertiary alicyclic amines) is 1. The van der Waals surface area contributed by atoms with Crippen LogP contribution in [0.4, 0.5) is 21.0 Å². The SMILES string of the molecule is CN1CCCC1CNC(=O)c1ccc(Nc2nc(N)c(C(=O)c3c(F)cccc3Cl)s2)cc1. The minimum Gasteiger partial charge on any atom is -0.382 e. The Hall–Kier alpha value is -3.01. The van der Waals surface area contributed by atoms with Gasteiger partial charge in [-0.05, 0) is 62.8 Å². The number of hydrogen-bond donors (Lipinski definition) is 3. The van der Waals surface area contributed by atoms with E-state index in [0.29, 0.717) is 29.0 Å². The van der Waals surface area contributed by atoms with Crippen LogP contribution in [0.15, 0.2) is 42.5 Å². The summed E-state index contributed by atoms with van der Waals surface area (Å²) in [6.07, 6.45) is 2.24. The number of rotatable bonds is 7. The fourth-order valence-electron chi connectivity index (χ4n) is 3.75. The molecular weight excluding hydrogens is 465 g/mol. The van der Waals surface area contributed by atoms with Crippen LogP contribution in [0.2, 0.25) is 5.02 Å². The average molecular weight is 488 g/mol. The number of amides is 1. The summed E-state index contributed by atoms with van der Waals surface area (Å²) in [5.41, 5.74) is 6.88. The maximum atomic E-state index is 14.1. The number of nitrogen functional groups attached to an aromatic ring is 1. The Morgan fingerprint density at radius 1 is 1.27 bits per heavy atom. The summed E-state index contributed by atoms with van der Waals surface area (Å²) in [7, 11) is 2.07. The van der Waals surface area contributed by atoms with Gasteiger partial charge in [-0.15, -0.1) is 0 Å². The first-order chi connectivity index (χ1) is 15.8. The molecule has 2 aromatic carbocycles. The highest BCUT2D eigenvalue weighted by molar-refractivity contribution is 7.18. The molecule has 1 saturated heterocycles. The van der Waals surface area contributed by atoms with Crippen molar-refractivity contribution in [2.75, 3.05) is 31.2 Å². The lowest BCUT2D eigenvalue weighted by atomic mass is 10.1. The molecule has 4 rings (SSSR count). The van der Waals surface area contributed by atoms with E-state index in [-0.39, 0.29) is 27.2 Å². The van der Waals surface area contributed by atoms with E-state index < -0.39 is 11.6 Å². The van der Waals surface area contributed by atoms with Crippen molar-refractivity contribution in [3.05, 3.63) is 69.3 Å². The second-order valence-electron chi connectivity index (χ2n) is 7.85. The smallest absolute Gasteiger partial charge is 0.251 e. The third-order valence-corrected chi connectivity index (χ3v) is 6.92. The van der Waals surface area contributed by atoms with Crippen molar-refractivity contribution in [2.45, 2.75) is 18.9 Å². The zero-order valence-corrected chi connectivity index (χ0v) is 19.5. The largest absolute Gasteiger partial charge is 0.382 e. The molecule has 0 radical (unpaired) electrons. The van der Waals surface area contributed by atoms with E-state index in [2.05, 4.69) is 27.6 Å². The number of hydrogen-bond acceptors (Lipinski definition) is 7. The Balaban J connectivity index is 1.41. The minimum absolute atomic E-state index is 0.00995. The summed E-state index contributed by atoms with van der Waals surface area (Å²) in [6.45, 7) is 1.68. The molecule has 3 aromatic rings. The number of benzene rings is 2. The molecule has 1 atom stereocenters. The zero-order chi connectivity index (χ0) is 23.5. The average Bonchev–Trinajstić information content (AvgIpc) is 3.37. The summed E-state index contributed by atoms with van der Waals surface area (Å²) in [6, 6.07) is 11.3. The number of anilines is 3. The molecule has 2 heterocycles. The van der Waals surface area contributed by atoms with Gasteiger partial charge in [0.15, 0.2) is 5.13 Å². The molecule has 1 amide bonds. The fraction of sp³-hybridized carbons (Fsp3) is 0.261. The number of ketones is 1. The highest BCUT2D eigenvalue weighted by atomic mass is 35.5. The molecule has 1 aliphatic rings. The van der Waals surface area contributed by atoms with Crippen LogP contribution in [-0.4, -0.2) is 47.8 Å². The molecule has 1 aliphatic heterocycles. The van der Waals surface area contributed by atoms with Gasteiger partial charge in [-0.1, -0.05) is 29.0 Å².